The normalized spacial score (nSPS) is 16.1. The van der Waals surface area contributed by atoms with Crippen LogP contribution in [0.25, 0.3) is 0 Å². The number of rotatable bonds is 4. The fourth-order valence-corrected chi connectivity index (χ4v) is 4.84. The van der Waals surface area contributed by atoms with Crippen LogP contribution < -0.4 is 0 Å². The predicted molar refractivity (Wildman–Crippen MR) is 92.2 cm³/mol. The van der Waals surface area contributed by atoms with Gasteiger partial charge in [-0.2, -0.15) is 0 Å². The van der Waals surface area contributed by atoms with Crippen molar-refractivity contribution in [2.24, 2.45) is 0 Å². The van der Waals surface area contributed by atoms with Gasteiger partial charge in [0.2, 0.25) is 0 Å². The number of hydrogen-bond donors (Lipinski definition) is 0. The third-order valence-corrected chi connectivity index (χ3v) is 6.60. The lowest BCUT2D eigenvalue weighted by atomic mass is 10.1. The highest BCUT2D eigenvalue weighted by Gasteiger charge is 2.31. The number of hydrogen-bond acceptors (Lipinski definition) is 4. The lowest BCUT2D eigenvalue weighted by molar-refractivity contribution is 0.0725. The molecular weight excluding hydrogens is 324 g/mol. The zero-order valence-corrected chi connectivity index (χ0v) is 14.2. The fraction of sp³-hybridized carbons (Fsp3) is 0.333. The van der Waals surface area contributed by atoms with Crippen LogP contribution in [0.15, 0.2) is 54.9 Å². The average molecular weight is 344 g/mol. The standard InChI is InChI=1S/C18H20N2O3S/c21-18(16-6-10-19-11-7-16)20-12-8-17(9-13-20)24(22,23)14-15-4-2-1-3-5-15/h1-7,10-11,17H,8-9,12-14H2. The first-order valence-electron chi connectivity index (χ1n) is 8.01. The van der Waals surface area contributed by atoms with Crippen LogP contribution in [0.1, 0.15) is 28.8 Å². The van der Waals surface area contributed by atoms with E-state index in [0.717, 1.165) is 5.56 Å². The second-order valence-electron chi connectivity index (χ2n) is 6.02. The summed E-state index contributed by atoms with van der Waals surface area (Å²) in [5.41, 5.74) is 1.41. The number of aromatic nitrogens is 1. The third-order valence-electron chi connectivity index (χ3n) is 4.38. The Morgan fingerprint density at radius 2 is 1.67 bits per heavy atom. The molecule has 24 heavy (non-hydrogen) atoms. The van der Waals surface area contributed by atoms with Crippen molar-refractivity contribution in [3.05, 3.63) is 66.0 Å². The minimum Gasteiger partial charge on any atom is -0.339 e. The molecule has 1 aliphatic heterocycles. The summed E-state index contributed by atoms with van der Waals surface area (Å²) in [5.74, 6) is 0.00730. The number of piperidine rings is 1. The molecule has 1 aromatic heterocycles. The summed E-state index contributed by atoms with van der Waals surface area (Å²) in [4.78, 5) is 18.0. The zero-order valence-electron chi connectivity index (χ0n) is 13.3. The van der Waals surface area contributed by atoms with Crippen LogP contribution >= 0.6 is 0 Å². The molecule has 0 spiro atoms. The Morgan fingerprint density at radius 1 is 1.04 bits per heavy atom. The first-order valence-corrected chi connectivity index (χ1v) is 9.72. The number of benzene rings is 1. The summed E-state index contributed by atoms with van der Waals surface area (Å²) in [5, 5.41) is -0.376. The van der Waals surface area contributed by atoms with E-state index in [1.165, 1.54) is 0 Å². The second-order valence-corrected chi connectivity index (χ2v) is 8.30. The van der Waals surface area contributed by atoms with E-state index in [1.54, 1.807) is 29.4 Å². The van der Waals surface area contributed by atoms with Crippen LogP contribution in [-0.4, -0.2) is 42.5 Å². The van der Waals surface area contributed by atoms with Crippen molar-refractivity contribution in [2.75, 3.05) is 13.1 Å². The number of carbonyl (C=O) groups is 1. The molecule has 1 aliphatic rings. The van der Waals surface area contributed by atoms with Crippen LogP contribution in [0.4, 0.5) is 0 Å². The molecule has 0 radical (unpaired) electrons. The predicted octanol–water partition coefficient (Wildman–Crippen LogP) is 2.30. The number of carbonyl (C=O) groups excluding carboxylic acids is 1. The molecule has 0 bridgehead atoms. The van der Waals surface area contributed by atoms with Gasteiger partial charge in [-0.05, 0) is 30.5 Å². The summed E-state index contributed by atoms with van der Waals surface area (Å²) in [6, 6.07) is 12.6. The van der Waals surface area contributed by atoms with Crippen LogP contribution in [0.3, 0.4) is 0 Å². The maximum Gasteiger partial charge on any atom is 0.253 e. The highest BCUT2D eigenvalue weighted by Crippen LogP contribution is 2.22. The molecule has 1 amide bonds. The van der Waals surface area contributed by atoms with Crippen molar-refractivity contribution in [1.82, 2.24) is 9.88 Å². The molecule has 0 saturated carbocycles. The van der Waals surface area contributed by atoms with E-state index in [2.05, 4.69) is 4.98 Å². The maximum atomic E-state index is 12.6. The van der Waals surface area contributed by atoms with Gasteiger partial charge < -0.3 is 4.90 Å². The lowest BCUT2D eigenvalue weighted by Gasteiger charge is -2.31. The summed E-state index contributed by atoms with van der Waals surface area (Å²) in [6.45, 7) is 0.944. The number of pyridine rings is 1. The van der Waals surface area contributed by atoms with Gasteiger partial charge in [-0.3, -0.25) is 9.78 Å². The Morgan fingerprint density at radius 3 is 2.29 bits per heavy atom. The Bertz CT molecular complexity index is 784. The number of nitrogens with zero attached hydrogens (tertiary/aromatic N) is 2. The minimum absolute atomic E-state index is 0.0590. The first-order chi connectivity index (χ1) is 11.6. The molecule has 1 fully saturated rings. The van der Waals surface area contributed by atoms with Gasteiger partial charge in [-0.25, -0.2) is 8.42 Å². The third kappa shape index (κ3) is 3.82. The van der Waals surface area contributed by atoms with E-state index in [9.17, 15) is 13.2 Å². The number of likely N-dealkylation sites (tertiary alicyclic amines) is 1. The van der Waals surface area contributed by atoms with Crippen molar-refractivity contribution in [2.45, 2.75) is 23.8 Å². The van der Waals surface area contributed by atoms with Gasteiger partial charge in [0.05, 0.1) is 11.0 Å². The second kappa shape index (κ2) is 7.13. The van der Waals surface area contributed by atoms with Crippen LogP contribution in [0, 0.1) is 0 Å². The maximum absolute atomic E-state index is 12.6. The molecular formula is C18H20N2O3S. The molecule has 5 nitrogen and oxygen atoms in total. The van der Waals surface area contributed by atoms with Crippen molar-refractivity contribution in [1.29, 1.82) is 0 Å². The first kappa shape index (κ1) is 16.6. The van der Waals surface area contributed by atoms with Crippen LogP contribution in [0.2, 0.25) is 0 Å². The van der Waals surface area contributed by atoms with Gasteiger partial charge in [0, 0.05) is 31.0 Å². The van der Waals surface area contributed by atoms with E-state index < -0.39 is 9.84 Å². The molecule has 0 unspecified atom stereocenters. The van der Waals surface area contributed by atoms with Gasteiger partial charge >= 0.3 is 0 Å². The van der Waals surface area contributed by atoms with E-state index >= 15 is 0 Å². The molecule has 0 aliphatic carbocycles. The average Bonchev–Trinajstić information content (AvgIpc) is 2.62. The molecule has 3 rings (SSSR count). The Kier molecular flexibility index (Phi) is 4.94. The van der Waals surface area contributed by atoms with Gasteiger partial charge in [-0.15, -0.1) is 0 Å². The summed E-state index contributed by atoms with van der Waals surface area (Å²) < 4.78 is 25.2. The van der Waals surface area contributed by atoms with Gasteiger partial charge in [0.25, 0.3) is 5.91 Å². The molecule has 6 heteroatoms. The highest BCUT2D eigenvalue weighted by atomic mass is 32.2. The lowest BCUT2D eigenvalue weighted by Crippen LogP contribution is -2.42. The molecule has 126 valence electrons. The molecule has 0 atom stereocenters. The van der Waals surface area contributed by atoms with Crippen LogP contribution in [-0.2, 0) is 15.6 Å². The van der Waals surface area contributed by atoms with Crippen molar-refractivity contribution < 1.29 is 13.2 Å². The monoisotopic (exact) mass is 344 g/mol. The molecule has 1 aromatic carbocycles. The van der Waals surface area contributed by atoms with E-state index in [4.69, 9.17) is 0 Å². The summed E-state index contributed by atoms with van der Waals surface area (Å²) in [6.07, 6.45) is 4.16. The summed E-state index contributed by atoms with van der Waals surface area (Å²) >= 11 is 0. The van der Waals surface area contributed by atoms with Crippen molar-refractivity contribution in [3.8, 4) is 0 Å². The Hall–Kier alpha value is -2.21. The summed E-state index contributed by atoms with van der Waals surface area (Å²) in [7, 11) is -3.20. The van der Waals surface area contributed by atoms with Gasteiger partial charge in [0.1, 0.15) is 0 Å². The largest absolute Gasteiger partial charge is 0.339 e. The fourth-order valence-electron chi connectivity index (χ4n) is 3.02. The minimum atomic E-state index is -3.20. The zero-order chi connectivity index (χ0) is 17.0. The molecule has 2 aromatic rings. The van der Waals surface area contributed by atoms with Gasteiger partial charge in [0.15, 0.2) is 9.84 Å². The van der Waals surface area contributed by atoms with E-state index in [-0.39, 0.29) is 16.9 Å². The molecule has 1 saturated heterocycles. The van der Waals surface area contributed by atoms with Crippen molar-refractivity contribution in [3.63, 3.8) is 0 Å². The Labute approximate surface area is 142 Å². The molecule has 2 heterocycles. The Balaban J connectivity index is 1.61. The van der Waals surface area contributed by atoms with Crippen molar-refractivity contribution >= 4 is 15.7 Å². The molecule has 0 N–H and O–H groups in total. The quantitative estimate of drug-likeness (QED) is 0.853. The topological polar surface area (TPSA) is 67.3 Å². The smallest absolute Gasteiger partial charge is 0.253 e. The van der Waals surface area contributed by atoms with E-state index in [0.29, 0.717) is 31.5 Å². The van der Waals surface area contributed by atoms with E-state index in [1.807, 2.05) is 30.3 Å². The number of amides is 1. The number of sulfone groups is 1. The van der Waals surface area contributed by atoms with Crippen LogP contribution in [0.5, 0.6) is 0 Å². The SMILES string of the molecule is O=C(c1ccncc1)N1CCC(S(=O)(=O)Cc2ccccc2)CC1. The van der Waals surface area contributed by atoms with Gasteiger partial charge in [-0.1, -0.05) is 30.3 Å². The highest BCUT2D eigenvalue weighted by molar-refractivity contribution is 7.91.